The largest absolute Gasteiger partial charge is 0.338 e. The van der Waals surface area contributed by atoms with Gasteiger partial charge >= 0.3 is 0 Å². The van der Waals surface area contributed by atoms with E-state index < -0.39 is 0 Å². The minimum absolute atomic E-state index is 0.156. The molecule has 2 unspecified atom stereocenters. The number of anilines is 2. The first-order valence-electron chi connectivity index (χ1n) is 11.7. The van der Waals surface area contributed by atoms with E-state index in [1.165, 1.54) is 28.1 Å². The molecular weight excluding hydrogens is 372 g/mol. The number of rotatable bonds is 5. The second-order valence-corrected chi connectivity index (χ2v) is 9.14. The minimum atomic E-state index is 0.156. The predicted molar refractivity (Wildman–Crippen MR) is 122 cm³/mol. The van der Waals surface area contributed by atoms with Gasteiger partial charge in [0.2, 0.25) is 5.91 Å². The molecule has 0 spiro atoms. The maximum absolute atomic E-state index is 12.2. The van der Waals surface area contributed by atoms with Gasteiger partial charge in [0.1, 0.15) is 0 Å². The topological polar surface area (TPSA) is 41.4 Å². The Hall–Kier alpha value is -2.30. The van der Waals surface area contributed by atoms with E-state index in [1.807, 2.05) is 4.90 Å². The lowest BCUT2D eigenvalue weighted by atomic mass is 9.90. The molecule has 162 valence electrons. The average molecular weight is 409 g/mol. The van der Waals surface area contributed by atoms with Crippen LogP contribution < -0.4 is 4.90 Å². The highest BCUT2D eigenvalue weighted by Gasteiger charge is 2.33. The van der Waals surface area contributed by atoms with Crippen molar-refractivity contribution < 1.29 is 4.79 Å². The van der Waals surface area contributed by atoms with Crippen molar-refractivity contribution in [1.82, 2.24) is 14.7 Å². The maximum Gasteiger partial charge on any atom is 0.219 e. The average Bonchev–Trinajstić information content (AvgIpc) is 3.10. The summed E-state index contributed by atoms with van der Waals surface area (Å²) >= 11 is 0. The molecule has 0 fully saturated rings. The first-order chi connectivity index (χ1) is 14.4. The number of carbonyl (C=O) groups is 1. The van der Waals surface area contributed by atoms with Gasteiger partial charge in [-0.05, 0) is 49.3 Å². The van der Waals surface area contributed by atoms with Gasteiger partial charge < -0.3 is 9.80 Å². The summed E-state index contributed by atoms with van der Waals surface area (Å²) in [5, 5.41) is 5.26. The van der Waals surface area contributed by atoms with Crippen LogP contribution in [0.25, 0.3) is 0 Å². The number of fused-ring (bicyclic) bond motifs is 2. The normalized spacial score (nSPS) is 19.4. The molecule has 0 saturated heterocycles. The predicted octanol–water partition coefficient (Wildman–Crippen LogP) is 5.49. The number of aryl methyl sites for hydroxylation is 1. The standard InChI is InChI=1S/C25H36N4O/c1-6-8-20(7-2)29-23-12-13-27(19(5)30)16-22(23)25(26-29)28-14-11-18(4)21-10-9-17(3)15-24(21)28/h9-10,15,18,20H,6-8,11-14,16H2,1-5H3. The zero-order valence-corrected chi connectivity index (χ0v) is 19.2. The Bertz CT molecular complexity index is 931. The third-order valence-corrected chi connectivity index (χ3v) is 7.00. The zero-order valence-electron chi connectivity index (χ0n) is 19.2. The van der Waals surface area contributed by atoms with Crippen LogP contribution in [0.5, 0.6) is 0 Å². The Balaban J connectivity index is 1.84. The van der Waals surface area contributed by atoms with Crippen molar-refractivity contribution in [3.63, 3.8) is 0 Å². The van der Waals surface area contributed by atoms with E-state index in [2.05, 4.69) is 55.5 Å². The van der Waals surface area contributed by atoms with Gasteiger partial charge in [-0.3, -0.25) is 9.48 Å². The highest BCUT2D eigenvalue weighted by atomic mass is 16.2. The Labute approximate surface area is 181 Å². The molecule has 5 nitrogen and oxygen atoms in total. The molecule has 30 heavy (non-hydrogen) atoms. The molecule has 1 aromatic heterocycles. The second-order valence-electron chi connectivity index (χ2n) is 9.14. The van der Waals surface area contributed by atoms with Crippen molar-refractivity contribution in [2.24, 2.45) is 0 Å². The van der Waals surface area contributed by atoms with Crippen LogP contribution in [0.1, 0.15) is 87.7 Å². The van der Waals surface area contributed by atoms with E-state index in [-0.39, 0.29) is 5.91 Å². The molecule has 1 amide bonds. The number of hydrogen-bond acceptors (Lipinski definition) is 3. The second kappa shape index (κ2) is 8.44. The van der Waals surface area contributed by atoms with E-state index in [9.17, 15) is 4.79 Å². The van der Waals surface area contributed by atoms with Gasteiger partial charge in [-0.15, -0.1) is 0 Å². The molecule has 2 aliphatic rings. The molecule has 2 aliphatic heterocycles. The van der Waals surface area contributed by atoms with Crippen molar-refractivity contribution in [2.45, 2.75) is 85.2 Å². The minimum Gasteiger partial charge on any atom is -0.338 e. The monoisotopic (exact) mass is 408 g/mol. The highest BCUT2D eigenvalue weighted by Crippen LogP contribution is 2.42. The maximum atomic E-state index is 12.2. The lowest BCUT2D eigenvalue weighted by molar-refractivity contribution is -0.129. The lowest BCUT2D eigenvalue weighted by Gasteiger charge is -2.35. The summed E-state index contributed by atoms with van der Waals surface area (Å²) in [5.74, 6) is 1.79. The van der Waals surface area contributed by atoms with Crippen LogP contribution in [-0.4, -0.2) is 33.7 Å². The summed E-state index contributed by atoms with van der Waals surface area (Å²) in [6, 6.07) is 7.25. The molecule has 0 N–H and O–H groups in total. The van der Waals surface area contributed by atoms with Crippen molar-refractivity contribution >= 4 is 17.4 Å². The van der Waals surface area contributed by atoms with Gasteiger partial charge in [-0.2, -0.15) is 5.10 Å². The van der Waals surface area contributed by atoms with Gasteiger partial charge in [0.25, 0.3) is 0 Å². The summed E-state index contributed by atoms with van der Waals surface area (Å²) in [4.78, 5) is 16.6. The highest BCUT2D eigenvalue weighted by molar-refractivity contribution is 5.75. The summed E-state index contributed by atoms with van der Waals surface area (Å²) < 4.78 is 2.32. The van der Waals surface area contributed by atoms with E-state index in [1.54, 1.807) is 6.92 Å². The third-order valence-electron chi connectivity index (χ3n) is 7.00. The number of benzene rings is 1. The summed E-state index contributed by atoms with van der Waals surface area (Å²) in [7, 11) is 0. The molecular formula is C25H36N4O. The molecule has 2 aromatic rings. The Morgan fingerprint density at radius 1 is 1.27 bits per heavy atom. The van der Waals surface area contributed by atoms with Crippen LogP contribution in [0.2, 0.25) is 0 Å². The summed E-state index contributed by atoms with van der Waals surface area (Å²) in [5.41, 5.74) is 6.59. The van der Waals surface area contributed by atoms with Crippen LogP contribution in [-0.2, 0) is 17.8 Å². The Morgan fingerprint density at radius 3 is 2.77 bits per heavy atom. The molecule has 2 atom stereocenters. The quantitative estimate of drug-likeness (QED) is 0.657. The van der Waals surface area contributed by atoms with Gasteiger partial charge in [-0.1, -0.05) is 39.3 Å². The molecule has 1 aromatic carbocycles. The fourth-order valence-electron chi connectivity index (χ4n) is 5.17. The van der Waals surface area contributed by atoms with E-state index in [0.29, 0.717) is 18.5 Å². The van der Waals surface area contributed by atoms with Crippen LogP contribution in [0.15, 0.2) is 18.2 Å². The number of hydrogen-bond donors (Lipinski definition) is 0. The van der Waals surface area contributed by atoms with E-state index in [0.717, 1.165) is 51.0 Å². The van der Waals surface area contributed by atoms with Crippen molar-refractivity contribution in [1.29, 1.82) is 0 Å². The number of aromatic nitrogens is 2. The molecule has 0 aliphatic carbocycles. The fraction of sp³-hybridized carbons (Fsp3) is 0.600. The first-order valence-corrected chi connectivity index (χ1v) is 11.7. The van der Waals surface area contributed by atoms with Crippen molar-refractivity contribution in [2.75, 3.05) is 18.0 Å². The molecule has 3 heterocycles. The Morgan fingerprint density at radius 2 is 2.07 bits per heavy atom. The van der Waals surface area contributed by atoms with Crippen LogP contribution in [0.3, 0.4) is 0 Å². The van der Waals surface area contributed by atoms with Crippen LogP contribution in [0, 0.1) is 6.92 Å². The van der Waals surface area contributed by atoms with Gasteiger partial charge in [0.05, 0.1) is 12.6 Å². The van der Waals surface area contributed by atoms with Crippen LogP contribution >= 0.6 is 0 Å². The third kappa shape index (κ3) is 3.63. The molecule has 0 radical (unpaired) electrons. The lowest BCUT2D eigenvalue weighted by Crippen LogP contribution is -2.36. The Kier molecular flexibility index (Phi) is 5.90. The van der Waals surface area contributed by atoms with E-state index in [4.69, 9.17) is 5.10 Å². The zero-order chi connectivity index (χ0) is 21.4. The van der Waals surface area contributed by atoms with Crippen LogP contribution in [0.4, 0.5) is 11.5 Å². The summed E-state index contributed by atoms with van der Waals surface area (Å²) in [6.07, 6.45) is 5.41. The number of nitrogens with zero attached hydrogens (tertiary/aromatic N) is 4. The van der Waals surface area contributed by atoms with Crippen molar-refractivity contribution in [3.05, 3.63) is 40.6 Å². The smallest absolute Gasteiger partial charge is 0.219 e. The summed E-state index contributed by atoms with van der Waals surface area (Å²) in [6.45, 7) is 13.1. The molecule has 4 rings (SSSR count). The molecule has 5 heteroatoms. The molecule has 0 saturated carbocycles. The van der Waals surface area contributed by atoms with E-state index >= 15 is 0 Å². The van der Waals surface area contributed by atoms with Gasteiger partial charge in [-0.25, -0.2) is 0 Å². The molecule has 0 bridgehead atoms. The van der Waals surface area contributed by atoms with Gasteiger partial charge in [0, 0.05) is 43.4 Å². The van der Waals surface area contributed by atoms with Gasteiger partial charge in [0.15, 0.2) is 5.82 Å². The SMILES string of the molecule is CCCC(CC)n1nc(N2CCC(C)c3ccc(C)cc32)c2c1CCN(C(C)=O)C2. The number of amides is 1. The number of carbonyl (C=O) groups excluding carboxylic acids is 1. The fourth-order valence-corrected chi connectivity index (χ4v) is 5.17. The first kappa shape index (κ1) is 21.0. The van der Waals surface area contributed by atoms with Crippen molar-refractivity contribution in [3.8, 4) is 0 Å².